The fourth-order valence-electron chi connectivity index (χ4n) is 3.97. The number of rotatable bonds is 5. The van der Waals surface area contributed by atoms with E-state index in [0.29, 0.717) is 11.5 Å². The van der Waals surface area contributed by atoms with E-state index in [4.69, 9.17) is 30.5 Å². The molecule has 0 bridgehead atoms. The van der Waals surface area contributed by atoms with Crippen molar-refractivity contribution in [3.05, 3.63) is 64.4 Å². The highest BCUT2D eigenvalue weighted by molar-refractivity contribution is 6.35. The minimum Gasteiger partial charge on any atom is -0.496 e. The average molecular weight is 429 g/mol. The minimum absolute atomic E-state index is 0.126. The number of fused-ring (bicyclic) bond motifs is 1. The first-order chi connectivity index (χ1) is 14.4. The molecule has 2 aromatic rings. The lowest BCUT2D eigenvalue weighted by atomic mass is 9.75. The van der Waals surface area contributed by atoms with E-state index in [1.807, 2.05) is 30.3 Å². The topological polar surface area (TPSA) is 71.1 Å². The normalized spacial score (nSPS) is 22.4. The summed E-state index contributed by atoms with van der Waals surface area (Å²) in [5, 5.41) is 0.171. The number of hydrogen-bond donors (Lipinski definition) is 0. The number of hydrogen-bond acceptors (Lipinski definition) is 6. The third-order valence-corrected chi connectivity index (χ3v) is 5.87. The first kappa shape index (κ1) is 20.3. The van der Waals surface area contributed by atoms with Gasteiger partial charge in [-0.1, -0.05) is 48.9 Å². The van der Waals surface area contributed by atoms with Crippen LogP contribution in [-0.4, -0.2) is 31.4 Å². The molecule has 0 aromatic heterocycles. The number of methoxy groups -OCH3 is 2. The zero-order chi connectivity index (χ0) is 21.5. The van der Waals surface area contributed by atoms with Gasteiger partial charge in [-0.15, -0.1) is 0 Å². The largest absolute Gasteiger partial charge is 0.496 e. The maximum Gasteiger partial charge on any atom is 0.231 e. The van der Waals surface area contributed by atoms with Crippen LogP contribution in [0.2, 0.25) is 5.02 Å². The summed E-state index contributed by atoms with van der Waals surface area (Å²) >= 11 is 6.46. The zero-order valence-electron chi connectivity index (χ0n) is 16.9. The van der Waals surface area contributed by atoms with Crippen LogP contribution >= 0.6 is 11.6 Å². The van der Waals surface area contributed by atoms with Gasteiger partial charge in [0.15, 0.2) is 17.3 Å². The molecule has 30 heavy (non-hydrogen) atoms. The standard InChI is InChI=1S/C23H21ClO6/c1-13-9-15(25)10-18(29-12-14-7-5-4-6-8-14)23(13)22(26)19-16(27-2)11-17(28-3)20(24)21(19)30-23/h4-8,10-11,13H,9,12H2,1-3H3/t13?,23-/m0/s1. The predicted molar refractivity (Wildman–Crippen MR) is 110 cm³/mol. The van der Waals surface area contributed by atoms with Gasteiger partial charge in [0, 0.05) is 24.5 Å². The third kappa shape index (κ3) is 3.03. The highest BCUT2D eigenvalue weighted by Crippen LogP contribution is 2.54. The summed E-state index contributed by atoms with van der Waals surface area (Å²) in [7, 11) is 2.92. The SMILES string of the molecule is COc1cc(OC)c2c(c1Cl)O[C@]1(C2=O)C(OCc2ccccc2)=CC(=O)CC1C. The highest BCUT2D eigenvalue weighted by atomic mass is 35.5. The van der Waals surface area contributed by atoms with Gasteiger partial charge in [-0.3, -0.25) is 9.59 Å². The Morgan fingerprint density at radius 1 is 1.13 bits per heavy atom. The van der Waals surface area contributed by atoms with Gasteiger partial charge in [-0.2, -0.15) is 0 Å². The van der Waals surface area contributed by atoms with Crippen molar-refractivity contribution in [2.75, 3.05) is 14.2 Å². The fourth-order valence-corrected chi connectivity index (χ4v) is 4.24. The summed E-state index contributed by atoms with van der Waals surface area (Å²) in [5.74, 6) is 0.0264. The molecule has 2 aliphatic rings. The first-order valence-corrected chi connectivity index (χ1v) is 9.90. The summed E-state index contributed by atoms with van der Waals surface area (Å²) in [4.78, 5) is 26.0. The van der Waals surface area contributed by atoms with E-state index < -0.39 is 11.5 Å². The minimum atomic E-state index is -1.49. The lowest BCUT2D eigenvalue weighted by Gasteiger charge is -2.37. The maximum absolute atomic E-state index is 13.7. The van der Waals surface area contributed by atoms with Gasteiger partial charge in [0.1, 0.15) is 28.7 Å². The van der Waals surface area contributed by atoms with Crippen LogP contribution in [0, 0.1) is 5.92 Å². The number of halogens is 1. The summed E-state index contributed by atoms with van der Waals surface area (Å²) in [6.07, 6.45) is 1.50. The van der Waals surface area contributed by atoms with Gasteiger partial charge in [0.05, 0.1) is 14.2 Å². The fraction of sp³-hybridized carbons (Fsp3) is 0.304. The molecule has 1 aliphatic carbocycles. The van der Waals surface area contributed by atoms with Crippen LogP contribution in [0.15, 0.2) is 48.2 Å². The summed E-state index contributed by atoms with van der Waals surface area (Å²) < 4.78 is 22.9. The van der Waals surface area contributed by atoms with Gasteiger partial charge in [0.2, 0.25) is 11.4 Å². The van der Waals surface area contributed by atoms with E-state index in [2.05, 4.69) is 0 Å². The first-order valence-electron chi connectivity index (χ1n) is 9.52. The Balaban J connectivity index is 1.80. The second-order valence-corrected chi connectivity index (χ2v) is 7.70. The van der Waals surface area contributed by atoms with Crippen LogP contribution in [0.4, 0.5) is 0 Å². The number of carbonyl (C=O) groups excluding carboxylic acids is 2. The van der Waals surface area contributed by atoms with Crippen molar-refractivity contribution in [1.29, 1.82) is 0 Å². The maximum atomic E-state index is 13.7. The van der Waals surface area contributed by atoms with Crippen LogP contribution in [0.1, 0.15) is 29.3 Å². The van der Waals surface area contributed by atoms with Crippen molar-refractivity contribution >= 4 is 23.2 Å². The number of benzene rings is 2. The van der Waals surface area contributed by atoms with E-state index >= 15 is 0 Å². The average Bonchev–Trinajstić information content (AvgIpc) is 3.06. The quantitative estimate of drug-likeness (QED) is 0.703. The molecule has 1 spiro atoms. The number of ether oxygens (including phenoxy) is 4. The van der Waals surface area contributed by atoms with E-state index in [1.54, 1.807) is 13.0 Å². The Kier molecular flexibility index (Phi) is 5.20. The second-order valence-electron chi connectivity index (χ2n) is 7.32. The third-order valence-electron chi connectivity index (χ3n) is 5.52. The molecule has 0 saturated heterocycles. The summed E-state index contributed by atoms with van der Waals surface area (Å²) in [6.45, 7) is 1.98. The van der Waals surface area contributed by atoms with Crippen molar-refractivity contribution in [1.82, 2.24) is 0 Å². The molecule has 7 heteroatoms. The highest BCUT2D eigenvalue weighted by Gasteiger charge is 2.60. The lowest BCUT2D eigenvalue weighted by Crippen LogP contribution is -2.51. The molecule has 0 radical (unpaired) electrons. The molecule has 1 unspecified atom stereocenters. The Morgan fingerprint density at radius 2 is 1.83 bits per heavy atom. The summed E-state index contributed by atoms with van der Waals surface area (Å²) in [6, 6.07) is 11.0. The van der Waals surface area contributed by atoms with Gasteiger partial charge in [-0.05, 0) is 5.56 Å². The number of allylic oxidation sites excluding steroid dienone is 1. The Hall–Kier alpha value is -2.99. The van der Waals surface area contributed by atoms with Crippen LogP contribution < -0.4 is 14.2 Å². The predicted octanol–water partition coefficient (Wildman–Crippen LogP) is 4.38. The molecular formula is C23H21ClO6. The van der Waals surface area contributed by atoms with Gasteiger partial charge in [0.25, 0.3) is 0 Å². The van der Waals surface area contributed by atoms with Gasteiger partial charge in [-0.25, -0.2) is 0 Å². The number of ketones is 2. The van der Waals surface area contributed by atoms with Crippen molar-refractivity contribution in [3.8, 4) is 17.2 Å². The molecule has 0 saturated carbocycles. The van der Waals surface area contributed by atoms with Crippen LogP contribution in [0.5, 0.6) is 17.2 Å². The Bertz CT molecular complexity index is 1050. The molecule has 0 fully saturated rings. The van der Waals surface area contributed by atoms with E-state index in [1.165, 1.54) is 20.3 Å². The lowest BCUT2D eigenvalue weighted by molar-refractivity contribution is -0.118. The monoisotopic (exact) mass is 428 g/mol. The van der Waals surface area contributed by atoms with E-state index in [-0.39, 0.29) is 46.7 Å². The van der Waals surface area contributed by atoms with Gasteiger partial charge >= 0.3 is 0 Å². The van der Waals surface area contributed by atoms with E-state index in [0.717, 1.165) is 5.56 Å². The molecular weight excluding hydrogens is 408 g/mol. The zero-order valence-corrected chi connectivity index (χ0v) is 17.6. The number of carbonyl (C=O) groups is 2. The second kappa shape index (κ2) is 7.69. The molecule has 0 amide bonds. The molecule has 1 heterocycles. The van der Waals surface area contributed by atoms with Crippen molar-refractivity contribution < 1.29 is 28.5 Å². The molecule has 2 aromatic carbocycles. The molecule has 6 nitrogen and oxygen atoms in total. The van der Waals surface area contributed by atoms with Crippen LogP contribution in [0.25, 0.3) is 0 Å². The van der Waals surface area contributed by atoms with Gasteiger partial charge < -0.3 is 18.9 Å². The molecule has 0 N–H and O–H groups in total. The molecule has 156 valence electrons. The Labute approximate surface area is 179 Å². The van der Waals surface area contributed by atoms with Crippen LogP contribution in [0.3, 0.4) is 0 Å². The van der Waals surface area contributed by atoms with Crippen molar-refractivity contribution in [3.63, 3.8) is 0 Å². The van der Waals surface area contributed by atoms with Crippen molar-refractivity contribution in [2.24, 2.45) is 5.92 Å². The Morgan fingerprint density at radius 3 is 2.50 bits per heavy atom. The van der Waals surface area contributed by atoms with Crippen molar-refractivity contribution in [2.45, 2.75) is 25.6 Å². The van der Waals surface area contributed by atoms with E-state index in [9.17, 15) is 9.59 Å². The smallest absolute Gasteiger partial charge is 0.231 e. The summed E-state index contributed by atoms with van der Waals surface area (Å²) in [5.41, 5.74) is -0.368. The molecule has 2 atom stereocenters. The number of Topliss-reactive ketones (excluding diaryl/α,β-unsaturated/α-hetero) is 1. The van der Waals surface area contributed by atoms with Crippen LogP contribution in [-0.2, 0) is 16.1 Å². The molecule has 4 rings (SSSR count). The molecule has 1 aliphatic heterocycles.